The molecule has 0 aliphatic heterocycles. The maximum Gasteiger partial charge on any atom is 0.409 e. The highest BCUT2D eigenvalue weighted by Gasteiger charge is 2.39. The summed E-state index contributed by atoms with van der Waals surface area (Å²) in [5.41, 5.74) is 1.84. The van der Waals surface area contributed by atoms with Crippen LogP contribution in [0.15, 0.2) is 30.3 Å². The first-order valence-corrected chi connectivity index (χ1v) is 3.63. The summed E-state index contributed by atoms with van der Waals surface area (Å²) in [5, 5.41) is 0. The number of hydrazine groups is 1. The van der Waals surface area contributed by atoms with Crippen molar-refractivity contribution in [2.24, 2.45) is 5.84 Å². The molecular weight excluding hydrogens is 217 g/mol. The van der Waals surface area contributed by atoms with Crippen molar-refractivity contribution in [3.63, 3.8) is 0 Å². The quantitative estimate of drug-likeness (QED) is 0.599. The zero-order valence-corrected chi connectivity index (χ0v) is 7.90. The maximum atomic E-state index is 12.3. The molecule has 0 saturated heterocycles. The third-order valence-electron chi connectivity index (χ3n) is 1.63. The Morgan fingerprint density at radius 1 is 1.14 bits per heavy atom. The minimum Gasteiger partial charge on any atom is -0.271 e. The van der Waals surface area contributed by atoms with E-state index in [0.717, 1.165) is 0 Å². The number of benzene rings is 1. The van der Waals surface area contributed by atoms with Crippen LogP contribution in [0, 0.1) is 0 Å². The first kappa shape index (κ1) is 13.2. The summed E-state index contributed by atoms with van der Waals surface area (Å²) in [7, 11) is 0. The van der Waals surface area contributed by atoms with E-state index in [1.165, 1.54) is 24.3 Å². The van der Waals surface area contributed by atoms with Crippen molar-refractivity contribution in [2.45, 2.75) is 12.2 Å². The van der Waals surface area contributed by atoms with Crippen molar-refractivity contribution >= 4 is 12.4 Å². The van der Waals surface area contributed by atoms with E-state index in [2.05, 4.69) is 0 Å². The van der Waals surface area contributed by atoms with Crippen LogP contribution in [0.25, 0.3) is 0 Å². The van der Waals surface area contributed by atoms with Crippen LogP contribution < -0.4 is 11.3 Å². The lowest BCUT2D eigenvalue weighted by atomic mass is 10.1. The van der Waals surface area contributed by atoms with Crippen molar-refractivity contribution in [3.05, 3.63) is 35.9 Å². The van der Waals surface area contributed by atoms with E-state index in [0.29, 0.717) is 0 Å². The van der Waals surface area contributed by atoms with Gasteiger partial charge >= 0.3 is 6.18 Å². The molecule has 14 heavy (non-hydrogen) atoms. The van der Waals surface area contributed by atoms with Gasteiger partial charge in [-0.2, -0.15) is 13.2 Å². The van der Waals surface area contributed by atoms with Gasteiger partial charge in [0, 0.05) is 0 Å². The molecule has 80 valence electrons. The number of rotatable bonds is 2. The molecule has 1 atom stereocenters. The van der Waals surface area contributed by atoms with Crippen LogP contribution in [-0.4, -0.2) is 6.18 Å². The van der Waals surface area contributed by atoms with E-state index in [1.807, 2.05) is 0 Å². The molecule has 0 spiro atoms. The molecule has 0 aliphatic carbocycles. The summed E-state index contributed by atoms with van der Waals surface area (Å²) in [6, 6.07) is 5.66. The van der Waals surface area contributed by atoms with Gasteiger partial charge < -0.3 is 0 Å². The fourth-order valence-corrected chi connectivity index (χ4v) is 1.03. The van der Waals surface area contributed by atoms with Gasteiger partial charge in [0.15, 0.2) is 0 Å². The molecular formula is C8H10ClF3N2. The van der Waals surface area contributed by atoms with Crippen molar-refractivity contribution in [1.82, 2.24) is 5.43 Å². The first-order chi connectivity index (χ1) is 6.05. The fourth-order valence-electron chi connectivity index (χ4n) is 1.03. The van der Waals surface area contributed by atoms with Crippen LogP contribution in [0.3, 0.4) is 0 Å². The Bertz CT molecular complexity index is 263. The van der Waals surface area contributed by atoms with Gasteiger partial charge in [0.25, 0.3) is 0 Å². The predicted molar refractivity (Wildman–Crippen MR) is 49.8 cm³/mol. The van der Waals surface area contributed by atoms with Gasteiger partial charge in [0.05, 0.1) is 0 Å². The molecule has 0 heterocycles. The molecule has 1 unspecified atom stereocenters. The molecule has 1 aromatic carbocycles. The number of nitrogens with one attached hydrogen (secondary N) is 1. The normalized spacial score (nSPS) is 13.1. The van der Waals surface area contributed by atoms with Crippen molar-refractivity contribution in [2.75, 3.05) is 0 Å². The van der Waals surface area contributed by atoms with Gasteiger partial charge in [-0.25, -0.2) is 5.43 Å². The number of hydrogen-bond acceptors (Lipinski definition) is 2. The van der Waals surface area contributed by atoms with Crippen LogP contribution in [0.2, 0.25) is 0 Å². The van der Waals surface area contributed by atoms with Gasteiger partial charge in [0.1, 0.15) is 6.04 Å². The first-order valence-electron chi connectivity index (χ1n) is 3.63. The second kappa shape index (κ2) is 5.19. The third-order valence-corrected chi connectivity index (χ3v) is 1.63. The largest absolute Gasteiger partial charge is 0.409 e. The average molecular weight is 227 g/mol. The Kier molecular flexibility index (Phi) is 4.90. The zero-order valence-electron chi connectivity index (χ0n) is 7.08. The van der Waals surface area contributed by atoms with E-state index in [-0.39, 0.29) is 18.0 Å². The summed E-state index contributed by atoms with van der Waals surface area (Å²) in [4.78, 5) is 0. The highest BCUT2D eigenvalue weighted by Crippen LogP contribution is 2.31. The number of hydrogen-bond donors (Lipinski definition) is 2. The summed E-state index contributed by atoms with van der Waals surface area (Å²) < 4.78 is 36.8. The highest BCUT2D eigenvalue weighted by molar-refractivity contribution is 5.85. The molecule has 0 radical (unpaired) electrons. The van der Waals surface area contributed by atoms with Crippen molar-refractivity contribution in [3.8, 4) is 0 Å². The van der Waals surface area contributed by atoms with E-state index in [1.54, 1.807) is 11.5 Å². The van der Waals surface area contributed by atoms with Crippen LogP contribution in [0.4, 0.5) is 13.2 Å². The molecule has 0 saturated carbocycles. The molecule has 0 aromatic heterocycles. The molecule has 6 heteroatoms. The summed E-state index contributed by atoms with van der Waals surface area (Å²) in [5.74, 6) is 4.82. The lowest BCUT2D eigenvalue weighted by Crippen LogP contribution is -2.38. The molecule has 2 nitrogen and oxygen atoms in total. The van der Waals surface area contributed by atoms with Gasteiger partial charge in [-0.1, -0.05) is 30.3 Å². The third kappa shape index (κ3) is 3.17. The molecule has 0 fully saturated rings. The summed E-state index contributed by atoms with van der Waals surface area (Å²) in [6.07, 6.45) is -4.36. The predicted octanol–water partition coefficient (Wildman–Crippen LogP) is 2.18. The molecule has 1 rings (SSSR count). The van der Waals surface area contributed by atoms with Gasteiger partial charge in [-0.3, -0.25) is 5.84 Å². The number of nitrogens with two attached hydrogens (primary N) is 1. The standard InChI is InChI=1S/C8H9F3N2.ClH/c9-8(10,11)7(13-12)6-4-2-1-3-5-6;/h1-5,7,13H,12H2;1H. The smallest absolute Gasteiger partial charge is 0.271 e. The Morgan fingerprint density at radius 3 is 2.00 bits per heavy atom. The monoisotopic (exact) mass is 226 g/mol. The minimum absolute atomic E-state index is 0. The fraction of sp³-hybridized carbons (Fsp3) is 0.250. The molecule has 1 aromatic rings. The Labute approximate surface area is 85.7 Å². The minimum atomic E-state index is -4.36. The van der Waals surface area contributed by atoms with Crippen LogP contribution >= 0.6 is 12.4 Å². The Hall–Kier alpha value is -0.780. The zero-order chi connectivity index (χ0) is 9.90. The highest BCUT2D eigenvalue weighted by atomic mass is 35.5. The van der Waals surface area contributed by atoms with E-state index < -0.39 is 12.2 Å². The van der Waals surface area contributed by atoms with Gasteiger partial charge in [-0.05, 0) is 5.56 Å². The second-order valence-electron chi connectivity index (χ2n) is 2.55. The molecule has 3 N–H and O–H groups in total. The molecule has 0 aliphatic rings. The lowest BCUT2D eigenvalue weighted by molar-refractivity contribution is -0.157. The van der Waals surface area contributed by atoms with Crippen molar-refractivity contribution < 1.29 is 13.2 Å². The van der Waals surface area contributed by atoms with Crippen LogP contribution in [0.1, 0.15) is 11.6 Å². The van der Waals surface area contributed by atoms with Crippen LogP contribution in [0.5, 0.6) is 0 Å². The Balaban J connectivity index is 0.00000169. The lowest BCUT2D eigenvalue weighted by Gasteiger charge is -2.19. The van der Waals surface area contributed by atoms with E-state index in [4.69, 9.17) is 5.84 Å². The summed E-state index contributed by atoms with van der Waals surface area (Å²) in [6.45, 7) is 0. The molecule has 0 amide bonds. The molecule has 0 bridgehead atoms. The van der Waals surface area contributed by atoms with E-state index >= 15 is 0 Å². The van der Waals surface area contributed by atoms with Crippen LogP contribution in [-0.2, 0) is 0 Å². The van der Waals surface area contributed by atoms with Gasteiger partial charge in [0.2, 0.25) is 0 Å². The Morgan fingerprint density at radius 2 is 1.64 bits per heavy atom. The van der Waals surface area contributed by atoms with Gasteiger partial charge in [-0.15, -0.1) is 12.4 Å². The summed E-state index contributed by atoms with van der Waals surface area (Å²) >= 11 is 0. The second-order valence-corrected chi connectivity index (χ2v) is 2.55. The number of alkyl halides is 3. The van der Waals surface area contributed by atoms with E-state index in [9.17, 15) is 13.2 Å². The maximum absolute atomic E-state index is 12.3. The average Bonchev–Trinajstić information content (AvgIpc) is 2.05. The number of halogens is 4. The topological polar surface area (TPSA) is 38.0 Å². The van der Waals surface area contributed by atoms with Crippen molar-refractivity contribution in [1.29, 1.82) is 0 Å². The SMILES string of the molecule is Cl.NNC(c1ccccc1)C(F)(F)F.